The third kappa shape index (κ3) is 3.16. The lowest BCUT2D eigenvalue weighted by molar-refractivity contribution is -0.137. The molecule has 0 radical (unpaired) electrons. The first-order valence-electron chi connectivity index (χ1n) is 9.24. The molecular formula is C20H13F3N4O5. The number of hydrogen-bond acceptors (Lipinski definition) is 6. The molecule has 2 aromatic carbocycles. The van der Waals surface area contributed by atoms with Gasteiger partial charge >= 0.3 is 12.1 Å². The van der Waals surface area contributed by atoms with Crippen molar-refractivity contribution in [2.24, 2.45) is 0 Å². The third-order valence-corrected chi connectivity index (χ3v) is 5.02. The van der Waals surface area contributed by atoms with Crippen LogP contribution in [0.15, 0.2) is 41.2 Å². The van der Waals surface area contributed by atoms with Crippen molar-refractivity contribution in [3.8, 4) is 11.5 Å². The second kappa shape index (κ2) is 6.90. The maximum absolute atomic E-state index is 13.1. The Labute approximate surface area is 176 Å². The Balaban J connectivity index is 1.65. The number of aromatic carboxylic acids is 1. The van der Waals surface area contributed by atoms with Crippen LogP contribution in [-0.4, -0.2) is 32.2 Å². The highest BCUT2D eigenvalue weighted by Crippen LogP contribution is 2.35. The van der Waals surface area contributed by atoms with E-state index in [0.717, 1.165) is 12.1 Å². The van der Waals surface area contributed by atoms with Crippen molar-refractivity contribution >= 4 is 28.3 Å². The molecule has 0 saturated heterocycles. The van der Waals surface area contributed by atoms with Gasteiger partial charge < -0.3 is 24.9 Å². The molecule has 0 spiro atoms. The predicted molar refractivity (Wildman–Crippen MR) is 105 cm³/mol. The van der Waals surface area contributed by atoms with Crippen molar-refractivity contribution in [1.82, 2.24) is 14.4 Å². The Morgan fingerprint density at radius 2 is 1.97 bits per heavy atom. The van der Waals surface area contributed by atoms with Crippen LogP contribution in [0.5, 0.6) is 11.5 Å². The number of rotatable bonds is 4. The number of nitrogens with zero attached hydrogens (tertiary/aromatic N) is 2. The second-order valence-electron chi connectivity index (χ2n) is 6.98. The number of carbonyl (C=O) groups is 1. The molecule has 0 fully saturated rings. The zero-order valence-electron chi connectivity index (χ0n) is 16.0. The fourth-order valence-corrected chi connectivity index (χ4v) is 3.58. The molecule has 9 nitrogen and oxygen atoms in total. The second-order valence-corrected chi connectivity index (χ2v) is 6.98. The zero-order valence-corrected chi connectivity index (χ0v) is 16.0. The molecule has 4 aromatic rings. The van der Waals surface area contributed by atoms with E-state index in [1.807, 2.05) is 0 Å². The molecule has 1 aliphatic rings. The van der Waals surface area contributed by atoms with Crippen molar-refractivity contribution in [1.29, 1.82) is 0 Å². The minimum absolute atomic E-state index is 0.0813. The Hall–Kier alpha value is -4.22. The maximum atomic E-state index is 13.1. The van der Waals surface area contributed by atoms with Crippen LogP contribution in [0.25, 0.3) is 16.7 Å². The van der Waals surface area contributed by atoms with Crippen LogP contribution < -0.4 is 20.3 Å². The average molecular weight is 446 g/mol. The molecule has 32 heavy (non-hydrogen) atoms. The fraction of sp³-hybridized carbons (Fsp3) is 0.150. The number of aromatic nitrogens is 3. The smallest absolute Gasteiger partial charge is 0.416 e. The number of H-pyrrole nitrogens is 1. The zero-order chi connectivity index (χ0) is 22.6. The molecule has 5 rings (SSSR count). The van der Waals surface area contributed by atoms with Crippen molar-refractivity contribution in [3.63, 3.8) is 0 Å². The molecule has 0 bridgehead atoms. The number of imidazole rings is 1. The summed E-state index contributed by atoms with van der Waals surface area (Å²) in [7, 11) is 0. The van der Waals surface area contributed by atoms with Crippen molar-refractivity contribution in [2.75, 3.05) is 12.1 Å². The summed E-state index contributed by atoms with van der Waals surface area (Å²) in [6, 6.07) is 7.85. The SMILES string of the molecule is O=C(O)c1nc2c(=O)[nH]c3cc(C(F)(F)F)ccc3n2c1CNc1ccc2c(c1)OCO2. The largest absolute Gasteiger partial charge is 0.476 e. The molecule has 0 unspecified atom stereocenters. The van der Waals surface area contributed by atoms with E-state index in [-0.39, 0.29) is 35.7 Å². The van der Waals surface area contributed by atoms with E-state index >= 15 is 0 Å². The number of hydrogen-bond donors (Lipinski definition) is 3. The molecule has 164 valence electrons. The Kier molecular flexibility index (Phi) is 4.25. The van der Waals surface area contributed by atoms with Gasteiger partial charge in [-0.2, -0.15) is 13.2 Å². The topological polar surface area (TPSA) is 118 Å². The van der Waals surface area contributed by atoms with Gasteiger partial charge in [0, 0.05) is 11.8 Å². The quantitative estimate of drug-likeness (QED) is 0.441. The first-order valence-corrected chi connectivity index (χ1v) is 9.24. The highest BCUT2D eigenvalue weighted by atomic mass is 19.4. The minimum Gasteiger partial charge on any atom is -0.476 e. The molecule has 0 saturated carbocycles. The third-order valence-electron chi connectivity index (χ3n) is 5.02. The van der Waals surface area contributed by atoms with Gasteiger partial charge in [-0.3, -0.25) is 9.20 Å². The highest BCUT2D eigenvalue weighted by molar-refractivity contribution is 5.89. The van der Waals surface area contributed by atoms with Gasteiger partial charge in [0.15, 0.2) is 17.2 Å². The number of anilines is 1. The molecule has 0 aliphatic carbocycles. The van der Waals surface area contributed by atoms with E-state index in [2.05, 4.69) is 15.3 Å². The fourth-order valence-electron chi connectivity index (χ4n) is 3.58. The van der Waals surface area contributed by atoms with E-state index in [1.165, 1.54) is 10.5 Å². The first kappa shape index (κ1) is 19.7. The standard InChI is InChI=1S/C20H13F3N4O5/c21-20(22,23)9-1-3-12-11(5-9)25-18(28)17-26-16(19(29)30)13(27(12)17)7-24-10-2-4-14-15(6-10)32-8-31-14/h1-6,24H,7-8H2,(H,25,28)(H,29,30). The number of halogens is 3. The average Bonchev–Trinajstić information content (AvgIpc) is 3.36. The summed E-state index contributed by atoms with van der Waals surface area (Å²) in [5.74, 6) is -0.307. The maximum Gasteiger partial charge on any atom is 0.416 e. The molecule has 1 aliphatic heterocycles. The molecule has 12 heteroatoms. The van der Waals surface area contributed by atoms with Gasteiger partial charge in [-0.15, -0.1) is 0 Å². The van der Waals surface area contributed by atoms with Crippen LogP contribution in [0.1, 0.15) is 21.7 Å². The van der Waals surface area contributed by atoms with E-state index in [1.54, 1.807) is 18.2 Å². The van der Waals surface area contributed by atoms with Gasteiger partial charge in [-0.25, -0.2) is 9.78 Å². The summed E-state index contributed by atoms with van der Waals surface area (Å²) in [6.45, 7) is 0.00586. The van der Waals surface area contributed by atoms with Crippen molar-refractivity contribution in [3.05, 3.63) is 63.7 Å². The van der Waals surface area contributed by atoms with Crippen LogP contribution in [0.3, 0.4) is 0 Å². The van der Waals surface area contributed by atoms with Gasteiger partial charge in [0.1, 0.15) is 0 Å². The summed E-state index contributed by atoms with van der Waals surface area (Å²) in [4.78, 5) is 30.5. The molecule has 3 N–H and O–H groups in total. The van der Waals surface area contributed by atoms with Crippen molar-refractivity contribution < 1.29 is 32.5 Å². The van der Waals surface area contributed by atoms with Gasteiger partial charge in [0.05, 0.1) is 28.8 Å². The summed E-state index contributed by atoms with van der Waals surface area (Å²) in [5.41, 5.74) is -1.64. The van der Waals surface area contributed by atoms with E-state index < -0.39 is 29.0 Å². The van der Waals surface area contributed by atoms with E-state index in [9.17, 15) is 27.9 Å². The number of fused-ring (bicyclic) bond motifs is 4. The number of aromatic amines is 1. The summed E-state index contributed by atoms with van der Waals surface area (Å²) in [6.07, 6.45) is -4.61. The van der Waals surface area contributed by atoms with Gasteiger partial charge in [0.25, 0.3) is 5.56 Å². The Morgan fingerprint density at radius 3 is 2.72 bits per heavy atom. The molecular weight excluding hydrogens is 433 g/mol. The lowest BCUT2D eigenvalue weighted by atomic mass is 10.2. The van der Waals surface area contributed by atoms with E-state index in [0.29, 0.717) is 17.2 Å². The summed E-state index contributed by atoms with van der Waals surface area (Å²) >= 11 is 0. The van der Waals surface area contributed by atoms with Crippen molar-refractivity contribution in [2.45, 2.75) is 12.7 Å². The Morgan fingerprint density at radius 1 is 1.19 bits per heavy atom. The van der Waals surface area contributed by atoms with Crippen LogP contribution in [-0.2, 0) is 12.7 Å². The van der Waals surface area contributed by atoms with Gasteiger partial charge in [-0.05, 0) is 30.3 Å². The monoisotopic (exact) mass is 446 g/mol. The summed E-state index contributed by atoms with van der Waals surface area (Å²) in [5, 5.41) is 12.6. The summed E-state index contributed by atoms with van der Waals surface area (Å²) < 4.78 is 51.1. The molecule has 0 atom stereocenters. The lowest BCUT2D eigenvalue weighted by Crippen LogP contribution is -2.14. The number of nitrogens with one attached hydrogen (secondary N) is 2. The van der Waals surface area contributed by atoms with Crippen LogP contribution in [0.2, 0.25) is 0 Å². The molecule has 3 heterocycles. The number of benzene rings is 2. The van der Waals surface area contributed by atoms with Crippen LogP contribution in [0, 0.1) is 0 Å². The first-order chi connectivity index (χ1) is 15.2. The predicted octanol–water partition coefficient (Wildman–Crippen LogP) is 3.23. The number of carboxylic acids is 1. The van der Waals surface area contributed by atoms with Crippen LogP contribution >= 0.6 is 0 Å². The lowest BCUT2D eigenvalue weighted by Gasteiger charge is -2.11. The normalized spacial score (nSPS) is 13.1. The molecule has 2 aromatic heterocycles. The molecule has 0 amide bonds. The highest BCUT2D eigenvalue weighted by Gasteiger charge is 2.31. The van der Waals surface area contributed by atoms with E-state index in [4.69, 9.17) is 9.47 Å². The van der Waals surface area contributed by atoms with Crippen LogP contribution in [0.4, 0.5) is 18.9 Å². The number of alkyl halides is 3. The minimum atomic E-state index is -4.61. The van der Waals surface area contributed by atoms with Gasteiger partial charge in [-0.1, -0.05) is 0 Å². The number of carboxylic acid groups (broad SMARTS) is 1. The number of ether oxygens (including phenoxy) is 2. The van der Waals surface area contributed by atoms with Gasteiger partial charge in [0.2, 0.25) is 12.4 Å². The Bertz CT molecular complexity index is 1460.